The summed E-state index contributed by atoms with van der Waals surface area (Å²) >= 11 is 0. The van der Waals surface area contributed by atoms with Crippen molar-refractivity contribution in [3.8, 4) is 11.5 Å². The molecule has 1 heterocycles. The van der Waals surface area contributed by atoms with Crippen LogP contribution in [0.3, 0.4) is 0 Å². The SMILES string of the molecule is Cc1cc2c(cc1CCCCC(=O)O)OCCO2. The lowest BCUT2D eigenvalue weighted by molar-refractivity contribution is -0.137. The van der Waals surface area contributed by atoms with E-state index < -0.39 is 5.97 Å². The van der Waals surface area contributed by atoms with E-state index >= 15 is 0 Å². The highest BCUT2D eigenvalue weighted by molar-refractivity contribution is 5.66. The number of hydrogen-bond donors (Lipinski definition) is 1. The molecule has 0 unspecified atom stereocenters. The van der Waals surface area contributed by atoms with Gasteiger partial charge >= 0.3 is 5.97 Å². The van der Waals surface area contributed by atoms with Crippen LogP contribution in [-0.4, -0.2) is 24.3 Å². The van der Waals surface area contributed by atoms with E-state index in [1.54, 1.807) is 0 Å². The molecule has 0 aromatic heterocycles. The minimum atomic E-state index is -0.728. The molecule has 4 nitrogen and oxygen atoms in total. The van der Waals surface area contributed by atoms with E-state index in [1.165, 1.54) is 11.1 Å². The number of carboxylic acid groups (broad SMARTS) is 1. The van der Waals surface area contributed by atoms with Gasteiger partial charge in [0.15, 0.2) is 11.5 Å². The Bertz CT molecular complexity index is 440. The Labute approximate surface area is 107 Å². The van der Waals surface area contributed by atoms with Crippen molar-refractivity contribution in [2.24, 2.45) is 0 Å². The van der Waals surface area contributed by atoms with Crippen LogP contribution >= 0.6 is 0 Å². The Balaban J connectivity index is 1.97. The molecular weight excluding hydrogens is 232 g/mol. The van der Waals surface area contributed by atoms with Crippen LogP contribution in [-0.2, 0) is 11.2 Å². The van der Waals surface area contributed by atoms with Crippen molar-refractivity contribution in [2.75, 3.05) is 13.2 Å². The van der Waals surface area contributed by atoms with Crippen molar-refractivity contribution >= 4 is 5.97 Å². The van der Waals surface area contributed by atoms with Crippen molar-refractivity contribution in [1.29, 1.82) is 0 Å². The molecule has 1 aromatic rings. The number of hydrogen-bond acceptors (Lipinski definition) is 3. The van der Waals surface area contributed by atoms with Gasteiger partial charge in [0.2, 0.25) is 0 Å². The van der Waals surface area contributed by atoms with Gasteiger partial charge < -0.3 is 14.6 Å². The first-order chi connectivity index (χ1) is 8.66. The van der Waals surface area contributed by atoms with Crippen LogP contribution in [0, 0.1) is 6.92 Å². The second-order valence-electron chi connectivity index (χ2n) is 4.52. The molecule has 0 radical (unpaired) electrons. The summed E-state index contributed by atoms with van der Waals surface area (Å²) in [5, 5.41) is 8.59. The van der Waals surface area contributed by atoms with Crippen LogP contribution in [0.4, 0.5) is 0 Å². The van der Waals surface area contributed by atoms with Gasteiger partial charge in [0.1, 0.15) is 13.2 Å². The third-order valence-electron chi connectivity index (χ3n) is 3.09. The van der Waals surface area contributed by atoms with Gasteiger partial charge in [0, 0.05) is 6.42 Å². The maximum absolute atomic E-state index is 10.4. The predicted molar refractivity (Wildman–Crippen MR) is 67.4 cm³/mol. The van der Waals surface area contributed by atoms with Gasteiger partial charge in [-0.25, -0.2) is 0 Å². The number of aliphatic carboxylic acids is 1. The molecule has 0 bridgehead atoms. The number of benzene rings is 1. The van der Waals surface area contributed by atoms with Gasteiger partial charge in [-0.1, -0.05) is 0 Å². The van der Waals surface area contributed by atoms with Crippen LogP contribution in [0.2, 0.25) is 0 Å². The molecule has 1 aromatic carbocycles. The molecular formula is C14H18O4. The number of ether oxygens (including phenoxy) is 2. The van der Waals surface area contributed by atoms with Crippen molar-refractivity contribution in [2.45, 2.75) is 32.6 Å². The van der Waals surface area contributed by atoms with Crippen molar-refractivity contribution in [3.63, 3.8) is 0 Å². The minimum absolute atomic E-state index is 0.240. The highest BCUT2D eigenvalue weighted by Gasteiger charge is 2.13. The minimum Gasteiger partial charge on any atom is -0.486 e. The summed E-state index contributed by atoms with van der Waals surface area (Å²) in [6, 6.07) is 4.02. The summed E-state index contributed by atoms with van der Waals surface area (Å²) in [6.07, 6.45) is 2.72. The fraction of sp³-hybridized carbons (Fsp3) is 0.500. The van der Waals surface area contributed by atoms with Crippen LogP contribution in [0.25, 0.3) is 0 Å². The Morgan fingerprint density at radius 3 is 2.56 bits per heavy atom. The molecule has 0 fully saturated rings. The Morgan fingerprint density at radius 1 is 1.22 bits per heavy atom. The maximum atomic E-state index is 10.4. The van der Waals surface area contributed by atoms with E-state index in [0.29, 0.717) is 19.6 Å². The zero-order valence-electron chi connectivity index (χ0n) is 10.6. The molecule has 4 heteroatoms. The predicted octanol–water partition coefficient (Wildman–Crippen LogP) is 2.56. The molecule has 18 heavy (non-hydrogen) atoms. The molecule has 0 amide bonds. The summed E-state index contributed by atoms with van der Waals surface area (Å²) in [6.45, 7) is 3.24. The average Bonchev–Trinajstić information content (AvgIpc) is 2.34. The Morgan fingerprint density at radius 2 is 1.89 bits per heavy atom. The van der Waals surface area contributed by atoms with Gasteiger partial charge in [0.25, 0.3) is 0 Å². The van der Waals surface area contributed by atoms with E-state index in [4.69, 9.17) is 14.6 Å². The van der Waals surface area contributed by atoms with Crippen molar-refractivity contribution in [1.82, 2.24) is 0 Å². The van der Waals surface area contributed by atoms with Crippen molar-refractivity contribution < 1.29 is 19.4 Å². The molecule has 0 saturated carbocycles. The number of aryl methyl sites for hydroxylation is 2. The van der Waals surface area contributed by atoms with Gasteiger partial charge in [-0.3, -0.25) is 4.79 Å². The first-order valence-corrected chi connectivity index (χ1v) is 6.28. The number of carbonyl (C=O) groups is 1. The van der Waals surface area contributed by atoms with Gasteiger partial charge in [-0.05, 0) is 49.4 Å². The smallest absolute Gasteiger partial charge is 0.303 e. The lowest BCUT2D eigenvalue weighted by Crippen LogP contribution is -2.15. The second-order valence-corrected chi connectivity index (χ2v) is 4.52. The quantitative estimate of drug-likeness (QED) is 0.816. The third kappa shape index (κ3) is 3.15. The number of unbranched alkanes of at least 4 members (excludes halogenated alkanes) is 1. The molecule has 0 saturated heterocycles. The summed E-state index contributed by atoms with van der Waals surface area (Å²) < 4.78 is 11.1. The molecule has 1 aliphatic rings. The van der Waals surface area contributed by atoms with E-state index in [1.807, 2.05) is 19.1 Å². The van der Waals surface area contributed by atoms with Gasteiger partial charge in [-0.2, -0.15) is 0 Å². The van der Waals surface area contributed by atoms with Gasteiger partial charge in [-0.15, -0.1) is 0 Å². The van der Waals surface area contributed by atoms with E-state index in [9.17, 15) is 4.79 Å². The molecule has 1 aliphatic heterocycles. The molecule has 2 rings (SSSR count). The number of rotatable bonds is 5. The normalized spacial score (nSPS) is 13.4. The fourth-order valence-electron chi connectivity index (χ4n) is 2.09. The standard InChI is InChI=1S/C14H18O4/c1-10-8-12-13(18-7-6-17-12)9-11(10)4-2-3-5-14(15)16/h8-9H,2-7H2,1H3,(H,15,16). The monoisotopic (exact) mass is 250 g/mol. The largest absolute Gasteiger partial charge is 0.486 e. The van der Waals surface area contributed by atoms with Crippen LogP contribution < -0.4 is 9.47 Å². The second kappa shape index (κ2) is 5.76. The zero-order valence-corrected chi connectivity index (χ0v) is 10.6. The Hall–Kier alpha value is -1.71. The lowest BCUT2D eigenvalue weighted by Gasteiger charge is -2.20. The Kier molecular flexibility index (Phi) is 4.07. The van der Waals surface area contributed by atoms with Crippen LogP contribution in [0.1, 0.15) is 30.4 Å². The van der Waals surface area contributed by atoms with Crippen molar-refractivity contribution in [3.05, 3.63) is 23.3 Å². The fourth-order valence-corrected chi connectivity index (χ4v) is 2.09. The molecule has 0 atom stereocenters. The summed E-state index contributed by atoms with van der Waals surface area (Å²) in [4.78, 5) is 10.4. The highest BCUT2D eigenvalue weighted by atomic mass is 16.6. The van der Waals surface area contributed by atoms with E-state index in [2.05, 4.69) is 0 Å². The molecule has 98 valence electrons. The van der Waals surface area contributed by atoms with Crippen LogP contribution in [0.5, 0.6) is 11.5 Å². The molecule has 0 spiro atoms. The summed E-state index contributed by atoms with van der Waals surface area (Å²) in [5.74, 6) is 0.891. The number of carboxylic acids is 1. The zero-order chi connectivity index (χ0) is 13.0. The molecule has 0 aliphatic carbocycles. The highest BCUT2D eigenvalue weighted by Crippen LogP contribution is 2.33. The summed E-state index contributed by atoms with van der Waals surface area (Å²) in [5.41, 5.74) is 2.39. The first kappa shape index (κ1) is 12.7. The average molecular weight is 250 g/mol. The van der Waals surface area contributed by atoms with Gasteiger partial charge in [0.05, 0.1) is 0 Å². The maximum Gasteiger partial charge on any atom is 0.303 e. The summed E-state index contributed by atoms with van der Waals surface area (Å²) in [7, 11) is 0. The van der Waals surface area contributed by atoms with E-state index in [-0.39, 0.29) is 6.42 Å². The number of fused-ring (bicyclic) bond motifs is 1. The lowest BCUT2D eigenvalue weighted by atomic mass is 10.0. The first-order valence-electron chi connectivity index (χ1n) is 6.28. The third-order valence-corrected chi connectivity index (χ3v) is 3.09. The molecule has 1 N–H and O–H groups in total. The van der Waals surface area contributed by atoms with E-state index in [0.717, 1.165) is 24.3 Å². The topological polar surface area (TPSA) is 55.8 Å². The van der Waals surface area contributed by atoms with Crippen LogP contribution in [0.15, 0.2) is 12.1 Å².